The number of halogens is 1. The highest BCUT2D eigenvalue weighted by molar-refractivity contribution is 14.1. The fourth-order valence-electron chi connectivity index (χ4n) is 2.49. The number of unbranched alkanes of at least 4 members (excludes halogenated alkanes) is 3. The van der Waals surface area contributed by atoms with E-state index in [1.807, 2.05) is 20.8 Å². The Morgan fingerprint density at radius 3 is 1.41 bits per heavy atom. The number of hydrogen-bond donors (Lipinski definition) is 0. The number of hydrogen-bond acceptors (Lipinski definition) is 8. The summed E-state index contributed by atoms with van der Waals surface area (Å²) in [6.45, 7) is 12.6. The molecule has 0 aliphatic rings. The normalized spacial score (nSPS) is 11.7. The van der Waals surface area contributed by atoms with E-state index in [0.29, 0.717) is 79.2 Å². The van der Waals surface area contributed by atoms with E-state index in [4.69, 9.17) is 33.2 Å². The van der Waals surface area contributed by atoms with Crippen molar-refractivity contribution in [3.05, 3.63) is 0 Å². The molecule has 0 atom stereocenters. The summed E-state index contributed by atoms with van der Waals surface area (Å²) < 4.78 is 39.4. The summed E-state index contributed by atoms with van der Waals surface area (Å²) in [5.74, 6) is 0. The van der Waals surface area contributed by atoms with Gasteiger partial charge in [0.05, 0.1) is 72.7 Å². The zero-order chi connectivity index (χ0) is 25.3. The summed E-state index contributed by atoms with van der Waals surface area (Å²) >= 11 is 2.42. The van der Waals surface area contributed by atoms with Crippen LogP contribution in [0.3, 0.4) is 0 Å². The zero-order valence-electron chi connectivity index (χ0n) is 21.8. The van der Waals surface area contributed by atoms with E-state index in [1.165, 1.54) is 28.6 Å². The number of alkyl halides is 1. The van der Waals surface area contributed by atoms with Crippen molar-refractivity contribution >= 4 is 28.7 Å². The highest BCUT2D eigenvalue weighted by Crippen LogP contribution is 2.08. The Labute approximate surface area is 220 Å². The number of amides is 1. The maximum atomic E-state index is 11.8. The number of likely N-dealkylation sites (N-methyl/N-ethyl adjacent to an activating group) is 1. The minimum atomic E-state index is -0.495. The van der Waals surface area contributed by atoms with E-state index in [1.54, 1.807) is 7.05 Å². The lowest BCUT2D eigenvalue weighted by Gasteiger charge is -2.24. The van der Waals surface area contributed by atoms with Crippen LogP contribution in [-0.2, 0) is 33.2 Å². The Morgan fingerprint density at radius 2 is 1.00 bits per heavy atom. The molecule has 0 saturated heterocycles. The van der Waals surface area contributed by atoms with Crippen molar-refractivity contribution in [2.45, 2.75) is 52.1 Å². The van der Waals surface area contributed by atoms with E-state index in [0.717, 1.165) is 13.0 Å². The minimum Gasteiger partial charge on any atom is -0.444 e. The van der Waals surface area contributed by atoms with Gasteiger partial charge in [0.1, 0.15) is 5.60 Å². The average Bonchev–Trinajstić information content (AvgIpc) is 2.78. The Morgan fingerprint density at radius 1 is 0.618 bits per heavy atom. The molecular weight excluding hydrogens is 557 g/mol. The van der Waals surface area contributed by atoms with Crippen LogP contribution < -0.4 is 0 Å². The van der Waals surface area contributed by atoms with Gasteiger partial charge in [-0.05, 0) is 38.0 Å². The van der Waals surface area contributed by atoms with E-state index in [2.05, 4.69) is 22.6 Å². The molecular formula is C24H48INO8. The van der Waals surface area contributed by atoms with Crippen LogP contribution in [0.25, 0.3) is 0 Å². The molecule has 0 heterocycles. The highest BCUT2D eigenvalue weighted by Gasteiger charge is 2.19. The first-order valence-electron chi connectivity index (χ1n) is 12.3. The third kappa shape index (κ3) is 26.4. The topological polar surface area (TPSA) is 84.9 Å². The number of nitrogens with zero attached hydrogens (tertiary/aromatic N) is 1. The summed E-state index contributed by atoms with van der Waals surface area (Å²) in [4.78, 5) is 13.3. The predicted molar refractivity (Wildman–Crippen MR) is 141 cm³/mol. The van der Waals surface area contributed by atoms with Crippen LogP contribution in [0.1, 0.15) is 46.5 Å². The van der Waals surface area contributed by atoms with Gasteiger partial charge in [-0.2, -0.15) is 0 Å². The van der Waals surface area contributed by atoms with Crippen LogP contribution in [0.4, 0.5) is 4.79 Å². The molecule has 10 heteroatoms. The summed E-state index contributed by atoms with van der Waals surface area (Å²) in [6, 6.07) is 0. The van der Waals surface area contributed by atoms with Crippen molar-refractivity contribution in [1.82, 2.24) is 4.90 Å². The van der Waals surface area contributed by atoms with Gasteiger partial charge in [0.25, 0.3) is 0 Å². The van der Waals surface area contributed by atoms with Crippen molar-refractivity contribution in [2.75, 3.05) is 97.3 Å². The number of carbonyl (C=O) groups is 1. The van der Waals surface area contributed by atoms with Crippen LogP contribution in [-0.4, -0.2) is 114 Å². The van der Waals surface area contributed by atoms with E-state index < -0.39 is 5.60 Å². The lowest BCUT2D eigenvalue weighted by atomic mass is 10.2. The number of ether oxygens (including phenoxy) is 7. The molecule has 0 bridgehead atoms. The van der Waals surface area contributed by atoms with Gasteiger partial charge in [-0.3, -0.25) is 0 Å². The lowest BCUT2D eigenvalue weighted by molar-refractivity contribution is -0.0180. The first kappa shape index (κ1) is 33.8. The van der Waals surface area contributed by atoms with Gasteiger partial charge in [0.2, 0.25) is 0 Å². The first-order valence-corrected chi connectivity index (χ1v) is 13.9. The average molecular weight is 606 g/mol. The fourth-order valence-corrected chi connectivity index (χ4v) is 3.03. The summed E-state index contributed by atoms with van der Waals surface area (Å²) in [5, 5.41) is 0. The van der Waals surface area contributed by atoms with Gasteiger partial charge in [-0.25, -0.2) is 4.79 Å². The van der Waals surface area contributed by atoms with Crippen LogP contribution in [0.15, 0.2) is 0 Å². The SMILES string of the molecule is CN(CCOCCOCCOCCOCCOCCOCCCCCCI)C(=O)OC(C)(C)C. The van der Waals surface area contributed by atoms with Crippen molar-refractivity contribution in [3.8, 4) is 0 Å². The first-order chi connectivity index (χ1) is 16.4. The molecule has 0 spiro atoms. The Hall–Kier alpha value is -0.240. The van der Waals surface area contributed by atoms with Gasteiger partial charge in [0.15, 0.2) is 0 Å². The van der Waals surface area contributed by atoms with Crippen molar-refractivity contribution in [3.63, 3.8) is 0 Å². The van der Waals surface area contributed by atoms with Crippen LogP contribution >= 0.6 is 22.6 Å². The second-order valence-corrected chi connectivity index (χ2v) is 9.76. The molecule has 0 fully saturated rings. The molecule has 34 heavy (non-hydrogen) atoms. The van der Waals surface area contributed by atoms with Gasteiger partial charge < -0.3 is 38.1 Å². The van der Waals surface area contributed by atoms with Crippen LogP contribution in [0.5, 0.6) is 0 Å². The molecule has 0 aliphatic heterocycles. The van der Waals surface area contributed by atoms with Crippen LogP contribution in [0.2, 0.25) is 0 Å². The molecule has 0 aromatic heterocycles. The molecule has 0 radical (unpaired) electrons. The second-order valence-electron chi connectivity index (χ2n) is 8.68. The molecule has 0 aliphatic carbocycles. The smallest absolute Gasteiger partial charge is 0.410 e. The molecule has 0 unspecified atom stereocenters. The summed E-state index contributed by atoms with van der Waals surface area (Å²) in [7, 11) is 1.69. The van der Waals surface area contributed by atoms with Crippen molar-refractivity contribution in [2.24, 2.45) is 0 Å². The predicted octanol–water partition coefficient (Wildman–Crippen LogP) is 3.95. The quantitative estimate of drug-likeness (QED) is 0.0930. The van der Waals surface area contributed by atoms with Crippen LogP contribution in [0, 0.1) is 0 Å². The summed E-state index contributed by atoms with van der Waals surface area (Å²) in [5.41, 5.74) is -0.495. The third-order valence-corrected chi connectivity index (χ3v) is 5.07. The Kier molecular flexibility index (Phi) is 24.3. The summed E-state index contributed by atoms with van der Waals surface area (Å²) in [6.07, 6.45) is 4.63. The van der Waals surface area contributed by atoms with Gasteiger partial charge in [-0.1, -0.05) is 35.4 Å². The molecule has 0 rings (SSSR count). The minimum absolute atomic E-state index is 0.353. The third-order valence-electron chi connectivity index (χ3n) is 4.31. The molecule has 0 saturated carbocycles. The van der Waals surface area contributed by atoms with E-state index >= 15 is 0 Å². The standard InChI is InChI=1S/C24H48INO8/c1-24(2,3)34-23(27)26(4)10-12-29-14-16-31-18-20-33-22-21-32-19-17-30-15-13-28-11-8-6-5-7-9-25/h5-22H2,1-4H3. The van der Waals surface area contributed by atoms with Crippen molar-refractivity contribution in [1.29, 1.82) is 0 Å². The van der Waals surface area contributed by atoms with Gasteiger partial charge in [0, 0.05) is 20.2 Å². The number of carbonyl (C=O) groups excluding carboxylic acids is 1. The monoisotopic (exact) mass is 605 g/mol. The molecule has 204 valence electrons. The Bertz CT molecular complexity index is 451. The largest absolute Gasteiger partial charge is 0.444 e. The lowest BCUT2D eigenvalue weighted by Crippen LogP contribution is -2.36. The maximum Gasteiger partial charge on any atom is 0.410 e. The fraction of sp³-hybridized carbons (Fsp3) is 0.958. The highest BCUT2D eigenvalue weighted by atomic mass is 127. The van der Waals surface area contributed by atoms with E-state index in [-0.39, 0.29) is 6.09 Å². The molecule has 0 N–H and O–H groups in total. The molecule has 9 nitrogen and oxygen atoms in total. The molecule has 0 aromatic carbocycles. The maximum absolute atomic E-state index is 11.8. The zero-order valence-corrected chi connectivity index (χ0v) is 24.0. The van der Waals surface area contributed by atoms with Gasteiger partial charge >= 0.3 is 6.09 Å². The number of rotatable bonds is 24. The van der Waals surface area contributed by atoms with Crippen molar-refractivity contribution < 1.29 is 38.0 Å². The Balaban J connectivity index is 3.18. The molecule has 0 aromatic rings. The molecule has 1 amide bonds. The van der Waals surface area contributed by atoms with Gasteiger partial charge in [-0.15, -0.1) is 0 Å². The second kappa shape index (κ2) is 24.5. The van der Waals surface area contributed by atoms with E-state index in [9.17, 15) is 4.79 Å².